The molecule has 0 saturated carbocycles. The van der Waals surface area contributed by atoms with Crippen molar-refractivity contribution in [3.63, 3.8) is 0 Å². The topological polar surface area (TPSA) is 41.8 Å². The maximum absolute atomic E-state index is 5.34. The summed E-state index contributed by atoms with van der Waals surface area (Å²) >= 11 is 3.35. The van der Waals surface area contributed by atoms with E-state index >= 15 is 0 Å². The van der Waals surface area contributed by atoms with Crippen molar-refractivity contribution in [2.45, 2.75) is 0 Å². The van der Waals surface area contributed by atoms with Crippen LogP contribution in [0.25, 0.3) is 22.2 Å². The number of H-pyrrole nitrogens is 1. The Bertz CT molecular complexity index is 612. The summed E-state index contributed by atoms with van der Waals surface area (Å²) in [7, 11) is 0. The molecule has 3 rings (SSSR count). The van der Waals surface area contributed by atoms with Crippen molar-refractivity contribution in [2.24, 2.45) is 0 Å². The maximum Gasteiger partial charge on any atom is 0.182 e. The SMILES string of the molecule is Brc1ncoc1-c1c[nH]c2ccccc12. The van der Waals surface area contributed by atoms with Crippen LogP contribution in [0.3, 0.4) is 0 Å². The summed E-state index contributed by atoms with van der Waals surface area (Å²) in [5.74, 6) is 0.757. The number of halogens is 1. The molecule has 4 heteroatoms. The maximum atomic E-state index is 5.34. The van der Waals surface area contributed by atoms with Crippen LogP contribution in [0.15, 0.2) is 45.9 Å². The van der Waals surface area contributed by atoms with Gasteiger partial charge in [0, 0.05) is 22.7 Å². The van der Waals surface area contributed by atoms with Crippen LogP contribution in [-0.2, 0) is 0 Å². The van der Waals surface area contributed by atoms with E-state index in [0.29, 0.717) is 0 Å². The fourth-order valence-corrected chi connectivity index (χ4v) is 2.06. The molecule has 0 spiro atoms. The molecule has 0 radical (unpaired) electrons. The van der Waals surface area contributed by atoms with Gasteiger partial charge in [-0.2, -0.15) is 0 Å². The number of fused-ring (bicyclic) bond motifs is 1. The van der Waals surface area contributed by atoms with Crippen molar-refractivity contribution < 1.29 is 4.42 Å². The van der Waals surface area contributed by atoms with Gasteiger partial charge in [0.25, 0.3) is 0 Å². The highest BCUT2D eigenvalue weighted by atomic mass is 79.9. The Kier molecular flexibility index (Phi) is 1.89. The first-order valence-electron chi connectivity index (χ1n) is 4.52. The Labute approximate surface area is 94.3 Å². The molecule has 1 aromatic carbocycles. The van der Waals surface area contributed by atoms with Crippen LogP contribution in [0.1, 0.15) is 0 Å². The van der Waals surface area contributed by atoms with E-state index in [0.717, 1.165) is 26.8 Å². The van der Waals surface area contributed by atoms with Crippen LogP contribution in [-0.4, -0.2) is 9.97 Å². The summed E-state index contributed by atoms with van der Waals surface area (Å²) in [6, 6.07) is 8.08. The van der Waals surface area contributed by atoms with Crippen LogP contribution >= 0.6 is 15.9 Å². The minimum Gasteiger partial charge on any atom is -0.442 e. The lowest BCUT2D eigenvalue weighted by molar-refractivity contribution is 0.572. The van der Waals surface area contributed by atoms with E-state index in [1.54, 1.807) is 0 Å². The van der Waals surface area contributed by atoms with Crippen LogP contribution in [0.4, 0.5) is 0 Å². The molecule has 0 aliphatic heterocycles. The van der Waals surface area contributed by atoms with Gasteiger partial charge in [0.15, 0.2) is 16.8 Å². The summed E-state index contributed by atoms with van der Waals surface area (Å²) in [4.78, 5) is 7.21. The van der Waals surface area contributed by atoms with Gasteiger partial charge in [-0.15, -0.1) is 0 Å². The molecule has 0 aliphatic carbocycles. The van der Waals surface area contributed by atoms with Gasteiger partial charge in [-0.1, -0.05) is 18.2 Å². The van der Waals surface area contributed by atoms with Gasteiger partial charge in [0.2, 0.25) is 0 Å². The predicted octanol–water partition coefficient (Wildman–Crippen LogP) is 3.59. The number of aromatic amines is 1. The molecule has 3 nitrogen and oxygen atoms in total. The Morgan fingerprint density at radius 2 is 2.13 bits per heavy atom. The second kappa shape index (κ2) is 3.24. The Morgan fingerprint density at radius 3 is 2.93 bits per heavy atom. The van der Waals surface area contributed by atoms with Crippen LogP contribution < -0.4 is 0 Å². The zero-order valence-electron chi connectivity index (χ0n) is 7.70. The van der Waals surface area contributed by atoms with Gasteiger partial charge >= 0.3 is 0 Å². The quantitative estimate of drug-likeness (QED) is 0.729. The number of rotatable bonds is 1. The third-order valence-corrected chi connectivity index (χ3v) is 2.92. The average molecular weight is 263 g/mol. The molecule has 74 valence electrons. The predicted molar refractivity (Wildman–Crippen MR) is 61.5 cm³/mol. The fraction of sp³-hybridized carbons (Fsp3) is 0. The van der Waals surface area contributed by atoms with Crippen molar-refractivity contribution >= 4 is 26.8 Å². The summed E-state index contributed by atoms with van der Waals surface area (Å²) in [6.45, 7) is 0. The monoisotopic (exact) mass is 262 g/mol. The van der Waals surface area contributed by atoms with Crippen molar-refractivity contribution in [1.82, 2.24) is 9.97 Å². The first-order valence-corrected chi connectivity index (χ1v) is 5.31. The largest absolute Gasteiger partial charge is 0.442 e. The van der Waals surface area contributed by atoms with Crippen molar-refractivity contribution in [1.29, 1.82) is 0 Å². The Hall–Kier alpha value is -1.55. The third kappa shape index (κ3) is 1.29. The number of aromatic nitrogens is 2. The summed E-state index contributed by atoms with van der Waals surface area (Å²) in [5.41, 5.74) is 2.12. The van der Waals surface area contributed by atoms with Gasteiger partial charge in [0.05, 0.1) is 0 Å². The van der Waals surface area contributed by atoms with Crippen molar-refractivity contribution in [3.05, 3.63) is 41.5 Å². The minimum atomic E-state index is 0.729. The van der Waals surface area contributed by atoms with E-state index in [-0.39, 0.29) is 0 Å². The van der Waals surface area contributed by atoms with E-state index in [9.17, 15) is 0 Å². The minimum absolute atomic E-state index is 0.729. The van der Waals surface area contributed by atoms with Crippen LogP contribution in [0, 0.1) is 0 Å². The number of para-hydroxylation sites is 1. The number of oxazole rings is 1. The molecule has 2 heterocycles. The summed E-state index contributed by atoms with van der Waals surface area (Å²) < 4.78 is 6.07. The molecule has 0 saturated heterocycles. The normalized spacial score (nSPS) is 11.0. The first-order chi connectivity index (χ1) is 7.36. The average Bonchev–Trinajstić information content (AvgIpc) is 2.83. The lowest BCUT2D eigenvalue weighted by Crippen LogP contribution is -1.72. The second-order valence-electron chi connectivity index (χ2n) is 3.22. The molecule has 0 aliphatic rings. The van der Waals surface area contributed by atoms with Gasteiger partial charge in [-0.25, -0.2) is 4.98 Å². The lowest BCUT2D eigenvalue weighted by atomic mass is 10.1. The summed E-state index contributed by atoms with van der Waals surface area (Å²) in [5, 5.41) is 1.13. The van der Waals surface area contributed by atoms with E-state index in [2.05, 4.69) is 32.0 Å². The van der Waals surface area contributed by atoms with Crippen LogP contribution in [0.2, 0.25) is 0 Å². The molecule has 0 bridgehead atoms. The van der Waals surface area contributed by atoms with E-state index in [1.807, 2.05) is 24.4 Å². The third-order valence-electron chi connectivity index (χ3n) is 2.36. The van der Waals surface area contributed by atoms with Gasteiger partial charge in [-0.05, 0) is 22.0 Å². The van der Waals surface area contributed by atoms with Gasteiger partial charge in [0.1, 0.15) is 0 Å². The highest BCUT2D eigenvalue weighted by molar-refractivity contribution is 9.10. The molecular formula is C11H7BrN2O. The Morgan fingerprint density at radius 1 is 1.27 bits per heavy atom. The molecule has 0 amide bonds. The number of hydrogen-bond donors (Lipinski definition) is 1. The number of hydrogen-bond acceptors (Lipinski definition) is 2. The molecule has 0 atom stereocenters. The molecule has 0 unspecified atom stereocenters. The zero-order chi connectivity index (χ0) is 10.3. The molecule has 2 aromatic heterocycles. The van der Waals surface area contributed by atoms with E-state index in [1.165, 1.54) is 6.39 Å². The highest BCUT2D eigenvalue weighted by Crippen LogP contribution is 2.32. The van der Waals surface area contributed by atoms with Crippen molar-refractivity contribution in [3.8, 4) is 11.3 Å². The molecule has 1 N–H and O–H groups in total. The summed E-state index contributed by atoms with van der Waals surface area (Å²) in [6.07, 6.45) is 3.36. The van der Waals surface area contributed by atoms with E-state index < -0.39 is 0 Å². The number of nitrogens with one attached hydrogen (secondary N) is 1. The Balaban J connectivity index is 2.32. The number of benzene rings is 1. The van der Waals surface area contributed by atoms with Crippen LogP contribution in [0.5, 0.6) is 0 Å². The van der Waals surface area contributed by atoms with Crippen molar-refractivity contribution in [2.75, 3.05) is 0 Å². The molecule has 15 heavy (non-hydrogen) atoms. The molecular weight excluding hydrogens is 256 g/mol. The second-order valence-corrected chi connectivity index (χ2v) is 3.97. The highest BCUT2D eigenvalue weighted by Gasteiger charge is 2.12. The van der Waals surface area contributed by atoms with Gasteiger partial charge < -0.3 is 9.40 Å². The lowest BCUT2D eigenvalue weighted by Gasteiger charge is -1.93. The van der Waals surface area contributed by atoms with E-state index in [4.69, 9.17) is 4.42 Å². The zero-order valence-corrected chi connectivity index (χ0v) is 9.28. The molecule has 3 aromatic rings. The smallest absolute Gasteiger partial charge is 0.182 e. The van der Waals surface area contributed by atoms with Gasteiger partial charge in [-0.3, -0.25) is 0 Å². The molecule has 0 fully saturated rings. The standard InChI is InChI=1S/C11H7BrN2O/c12-11-10(15-6-14-11)8-5-13-9-4-2-1-3-7(8)9/h1-6,13H. The number of nitrogens with zero attached hydrogens (tertiary/aromatic N) is 1. The fourth-order valence-electron chi connectivity index (χ4n) is 1.67. The first kappa shape index (κ1) is 8.73.